The third-order valence-corrected chi connectivity index (χ3v) is 0.586. The Kier molecular flexibility index (Phi) is 71.2. The van der Waals surface area contributed by atoms with Crippen LogP contribution < -0.4 is 12.4 Å². The molecule has 0 saturated heterocycles. The van der Waals surface area contributed by atoms with E-state index in [4.69, 9.17) is 0 Å². The summed E-state index contributed by atoms with van der Waals surface area (Å²) in [5, 5.41) is 0. The second kappa shape index (κ2) is 22.7. The molecule has 0 unspecified atom stereocenters. The maximum atomic E-state index is 2.99. The van der Waals surface area contributed by atoms with E-state index in [9.17, 15) is 0 Å². The van der Waals surface area contributed by atoms with Gasteiger partial charge < -0.3 is 34.7 Å². The SMILES string of the molecule is [C-]1=CC=CC1.[CH3-].[CH3-].[CH3-].[Cl-].[Ti]. The molecule has 0 bridgehead atoms. The molecule has 0 aromatic heterocycles. The summed E-state index contributed by atoms with van der Waals surface area (Å²) < 4.78 is 0. The fourth-order valence-electron chi connectivity index (χ4n) is 0.340. The first-order valence-electron chi connectivity index (χ1n) is 1.72. The molecule has 0 N–H and O–H groups in total. The number of hydrogen-bond acceptors (Lipinski definition) is 0. The first kappa shape index (κ1) is 31.4. The van der Waals surface area contributed by atoms with Crippen LogP contribution in [0.2, 0.25) is 0 Å². The standard InChI is InChI=1S/C5H5.3CH3.ClH.Ti/c1-2-4-5-3-1;;;;;/h1-3H,4H2;3*1H3;1H;/q4*-1;;/p-1. The fraction of sp³-hybridized carbons (Fsp3) is 0.125. The van der Waals surface area contributed by atoms with Gasteiger partial charge in [0.1, 0.15) is 0 Å². The van der Waals surface area contributed by atoms with Crippen LogP contribution in [0.15, 0.2) is 18.2 Å². The summed E-state index contributed by atoms with van der Waals surface area (Å²) in [6.45, 7) is 0. The Morgan fingerprint density at radius 1 is 1.10 bits per heavy atom. The molecule has 0 nitrogen and oxygen atoms in total. The molecule has 0 aromatic carbocycles. The van der Waals surface area contributed by atoms with Crippen LogP contribution >= 0.6 is 0 Å². The van der Waals surface area contributed by atoms with Crippen molar-refractivity contribution >= 4 is 0 Å². The Bertz CT molecular complexity index is 67.3. The smallest absolute Gasteiger partial charge is 0 e. The molecule has 0 radical (unpaired) electrons. The van der Waals surface area contributed by atoms with Crippen molar-refractivity contribution in [3.05, 3.63) is 46.6 Å². The van der Waals surface area contributed by atoms with E-state index in [2.05, 4.69) is 12.2 Å². The van der Waals surface area contributed by atoms with Gasteiger partial charge in [-0.05, 0) is 0 Å². The molecule has 1 rings (SSSR count). The summed E-state index contributed by atoms with van der Waals surface area (Å²) in [5.41, 5.74) is 0. The normalized spacial score (nSPS) is 8.80. The van der Waals surface area contributed by atoms with E-state index < -0.39 is 0 Å². The van der Waals surface area contributed by atoms with E-state index in [0.29, 0.717) is 0 Å². The molecule has 1 aliphatic carbocycles. The molecular formula is C8H14ClTi-5. The van der Waals surface area contributed by atoms with E-state index in [-0.39, 0.29) is 56.4 Å². The van der Waals surface area contributed by atoms with Crippen molar-refractivity contribution in [1.82, 2.24) is 0 Å². The zero-order chi connectivity index (χ0) is 3.54. The van der Waals surface area contributed by atoms with Gasteiger partial charge in [-0.1, -0.05) is 0 Å². The zero-order valence-corrected chi connectivity index (χ0v) is 9.13. The molecule has 1 aliphatic rings. The van der Waals surface area contributed by atoms with Crippen molar-refractivity contribution in [1.29, 1.82) is 0 Å². The topological polar surface area (TPSA) is 0 Å². The number of allylic oxidation sites excluding steroid dienone is 4. The van der Waals surface area contributed by atoms with Gasteiger partial charge in [0.15, 0.2) is 0 Å². The third-order valence-electron chi connectivity index (χ3n) is 0.586. The molecule has 0 atom stereocenters. The minimum atomic E-state index is 0. The minimum absolute atomic E-state index is 0. The summed E-state index contributed by atoms with van der Waals surface area (Å²) in [6, 6.07) is 0. The third kappa shape index (κ3) is 15.8. The summed E-state index contributed by atoms with van der Waals surface area (Å²) in [4.78, 5) is 0. The fourth-order valence-corrected chi connectivity index (χ4v) is 0.340. The van der Waals surface area contributed by atoms with E-state index in [1.54, 1.807) is 0 Å². The monoisotopic (exact) mass is 193 g/mol. The van der Waals surface area contributed by atoms with Crippen molar-refractivity contribution < 1.29 is 34.1 Å². The van der Waals surface area contributed by atoms with Crippen molar-refractivity contribution in [3.63, 3.8) is 0 Å². The molecule has 0 saturated carbocycles. The predicted molar refractivity (Wildman–Crippen MR) is 40.8 cm³/mol. The number of rotatable bonds is 0. The van der Waals surface area contributed by atoms with Crippen molar-refractivity contribution in [2.45, 2.75) is 6.42 Å². The van der Waals surface area contributed by atoms with Crippen molar-refractivity contribution in [2.24, 2.45) is 0 Å². The van der Waals surface area contributed by atoms with Crippen LogP contribution in [0.4, 0.5) is 0 Å². The Hall–Kier alpha value is 0.484. The summed E-state index contributed by atoms with van der Waals surface area (Å²) in [5.74, 6) is 0. The van der Waals surface area contributed by atoms with E-state index in [1.165, 1.54) is 0 Å². The van der Waals surface area contributed by atoms with Gasteiger partial charge in [0.2, 0.25) is 0 Å². The zero-order valence-electron chi connectivity index (χ0n) is 6.82. The van der Waals surface area contributed by atoms with Gasteiger partial charge in [0, 0.05) is 21.7 Å². The van der Waals surface area contributed by atoms with Gasteiger partial charge in [-0.2, -0.15) is 6.08 Å². The molecule has 0 aromatic rings. The average molecular weight is 194 g/mol. The Morgan fingerprint density at radius 2 is 1.60 bits per heavy atom. The Labute approximate surface area is 87.1 Å². The predicted octanol–water partition coefficient (Wildman–Crippen LogP) is -0.342. The maximum Gasteiger partial charge on any atom is 0 e. The molecule has 62 valence electrons. The van der Waals surface area contributed by atoms with Crippen LogP contribution in [0, 0.1) is 28.4 Å². The van der Waals surface area contributed by atoms with E-state index in [1.807, 2.05) is 12.2 Å². The van der Waals surface area contributed by atoms with Crippen LogP contribution in [-0.4, -0.2) is 0 Å². The second-order valence-corrected chi connectivity index (χ2v) is 1.00. The summed E-state index contributed by atoms with van der Waals surface area (Å²) in [7, 11) is 0. The molecule has 0 aliphatic heterocycles. The van der Waals surface area contributed by atoms with E-state index >= 15 is 0 Å². The number of hydrogen-bond donors (Lipinski definition) is 0. The van der Waals surface area contributed by atoms with Gasteiger partial charge >= 0.3 is 0 Å². The Balaban J connectivity index is -0.0000000167. The largest absolute Gasteiger partial charge is 1.00 e. The van der Waals surface area contributed by atoms with Crippen molar-refractivity contribution in [2.75, 3.05) is 0 Å². The molecule has 2 heteroatoms. The molecule has 0 amide bonds. The molecular weight excluding hydrogens is 179 g/mol. The average Bonchev–Trinajstić information content (AvgIpc) is 1.76. The van der Waals surface area contributed by atoms with Crippen molar-refractivity contribution in [3.8, 4) is 0 Å². The minimum Gasteiger partial charge on any atom is -1.00 e. The van der Waals surface area contributed by atoms with Gasteiger partial charge in [-0.15, -0.1) is 6.42 Å². The number of halogens is 1. The maximum absolute atomic E-state index is 2.99. The van der Waals surface area contributed by atoms with Gasteiger partial charge in [-0.25, -0.2) is 12.2 Å². The van der Waals surface area contributed by atoms with Crippen LogP contribution in [0.1, 0.15) is 6.42 Å². The first-order valence-corrected chi connectivity index (χ1v) is 1.72. The molecule has 10 heavy (non-hydrogen) atoms. The van der Waals surface area contributed by atoms with Crippen LogP contribution in [-0.2, 0) is 21.7 Å². The van der Waals surface area contributed by atoms with Gasteiger partial charge in [0.25, 0.3) is 0 Å². The van der Waals surface area contributed by atoms with Crippen LogP contribution in [0.5, 0.6) is 0 Å². The Morgan fingerprint density at radius 3 is 1.70 bits per heavy atom. The first-order chi connectivity index (χ1) is 2.50. The molecule has 0 spiro atoms. The van der Waals surface area contributed by atoms with E-state index in [0.717, 1.165) is 6.42 Å². The second-order valence-electron chi connectivity index (χ2n) is 1.00. The van der Waals surface area contributed by atoms with Crippen LogP contribution in [0.25, 0.3) is 0 Å². The molecule has 0 fully saturated rings. The quantitative estimate of drug-likeness (QED) is 0.365. The summed E-state index contributed by atoms with van der Waals surface area (Å²) >= 11 is 0. The van der Waals surface area contributed by atoms with Gasteiger partial charge in [0.05, 0.1) is 0 Å². The summed E-state index contributed by atoms with van der Waals surface area (Å²) in [6.07, 6.45) is 10.0. The molecule has 0 heterocycles. The van der Waals surface area contributed by atoms with Gasteiger partial charge in [-0.3, -0.25) is 6.08 Å². The van der Waals surface area contributed by atoms with Crippen LogP contribution in [0.3, 0.4) is 0 Å².